The molecule has 9 heteroatoms. The molecule has 1 aromatic heterocycles. The number of aromatic nitrogens is 3. The van der Waals surface area contributed by atoms with Gasteiger partial charge in [-0.15, -0.1) is 16.8 Å². The molecule has 1 heterocycles. The van der Waals surface area contributed by atoms with Crippen LogP contribution in [0.3, 0.4) is 0 Å². The molecular weight excluding hydrogens is 446 g/mol. The summed E-state index contributed by atoms with van der Waals surface area (Å²) in [5.74, 6) is 0.354. The molecule has 166 valence electrons. The molecular formula is C23H24ClN5O2S. The van der Waals surface area contributed by atoms with Gasteiger partial charge in [-0.2, -0.15) is 0 Å². The van der Waals surface area contributed by atoms with E-state index in [9.17, 15) is 9.59 Å². The third-order valence-corrected chi connectivity index (χ3v) is 5.71. The average molecular weight is 470 g/mol. The number of carbonyl (C=O) groups excluding carboxylic acids is 2. The van der Waals surface area contributed by atoms with Crippen LogP contribution in [0, 0.1) is 6.92 Å². The molecule has 1 atom stereocenters. The molecule has 0 radical (unpaired) electrons. The van der Waals surface area contributed by atoms with Crippen molar-refractivity contribution in [2.75, 3.05) is 11.1 Å². The number of benzene rings is 2. The minimum atomic E-state index is -0.384. The number of thioether (sulfide) groups is 1. The van der Waals surface area contributed by atoms with Gasteiger partial charge in [-0.3, -0.25) is 9.59 Å². The number of nitrogens with zero attached hydrogens (tertiary/aromatic N) is 3. The van der Waals surface area contributed by atoms with E-state index < -0.39 is 0 Å². The lowest BCUT2D eigenvalue weighted by Crippen LogP contribution is -2.28. The second-order valence-electron chi connectivity index (χ2n) is 7.15. The van der Waals surface area contributed by atoms with E-state index in [0.29, 0.717) is 33.8 Å². The van der Waals surface area contributed by atoms with Crippen LogP contribution >= 0.6 is 23.4 Å². The van der Waals surface area contributed by atoms with Gasteiger partial charge in [0.05, 0.1) is 11.8 Å². The Morgan fingerprint density at radius 2 is 2.00 bits per heavy atom. The summed E-state index contributed by atoms with van der Waals surface area (Å²) in [4.78, 5) is 24.9. The van der Waals surface area contributed by atoms with E-state index in [1.165, 1.54) is 11.8 Å². The quantitative estimate of drug-likeness (QED) is 0.352. The van der Waals surface area contributed by atoms with Gasteiger partial charge in [0.25, 0.3) is 5.91 Å². The SMILES string of the molecule is C=CCn1c(SCC(=O)Nc2cccc(Cl)c2)nnc1[C@H](C)NC(=O)c1cccc(C)c1. The maximum atomic E-state index is 12.6. The molecule has 0 aliphatic heterocycles. The number of hydrogen-bond acceptors (Lipinski definition) is 5. The van der Waals surface area contributed by atoms with E-state index in [-0.39, 0.29) is 23.6 Å². The number of hydrogen-bond donors (Lipinski definition) is 2. The van der Waals surface area contributed by atoms with Crippen LogP contribution in [0.4, 0.5) is 5.69 Å². The zero-order valence-electron chi connectivity index (χ0n) is 17.8. The number of aryl methyl sites for hydroxylation is 1. The molecule has 32 heavy (non-hydrogen) atoms. The van der Waals surface area contributed by atoms with Gasteiger partial charge < -0.3 is 15.2 Å². The van der Waals surface area contributed by atoms with Crippen molar-refractivity contribution in [3.05, 3.63) is 83.2 Å². The van der Waals surface area contributed by atoms with Gasteiger partial charge in [0, 0.05) is 22.8 Å². The largest absolute Gasteiger partial charge is 0.342 e. The lowest BCUT2D eigenvalue weighted by Gasteiger charge is -2.15. The van der Waals surface area contributed by atoms with Gasteiger partial charge in [-0.25, -0.2) is 0 Å². The summed E-state index contributed by atoms with van der Waals surface area (Å²) in [6.07, 6.45) is 1.72. The third-order valence-electron chi connectivity index (χ3n) is 4.51. The molecule has 7 nitrogen and oxygen atoms in total. The third kappa shape index (κ3) is 6.21. The normalized spacial score (nSPS) is 11.6. The van der Waals surface area contributed by atoms with Crippen LogP contribution in [0.25, 0.3) is 0 Å². The van der Waals surface area contributed by atoms with Crippen molar-refractivity contribution in [1.29, 1.82) is 0 Å². The van der Waals surface area contributed by atoms with Crippen molar-refractivity contribution >= 4 is 40.9 Å². The minimum Gasteiger partial charge on any atom is -0.342 e. The van der Waals surface area contributed by atoms with Crippen LogP contribution < -0.4 is 10.6 Å². The lowest BCUT2D eigenvalue weighted by atomic mass is 10.1. The minimum absolute atomic E-state index is 0.145. The summed E-state index contributed by atoms with van der Waals surface area (Å²) in [7, 11) is 0. The number of rotatable bonds is 9. The van der Waals surface area contributed by atoms with Crippen LogP contribution in [0.15, 0.2) is 66.3 Å². The molecule has 0 saturated carbocycles. The Morgan fingerprint density at radius 1 is 1.22 bits per heavy atom. The summed E-state index contributed by atoms with van der Waals surface area (Å²) in [6.45, 7) is 8.02. The van der Waals surface area contributed by atoms with Gasteiger partial charge >= 0.3 is 0 Å². The number of anilines is 1. The van der Waals surface area contributed by atoms with Crippen molar-refractivity contribution < 1.29 is 9.59 Å². The van der Waals surface area contributed by atoms with Crippen LogP contribution in [-0.4, -0.2) is 32.3 Å². The van der Waals surface area contributed by atoms with Crippen LogP contribution in [0.5, 0.6) is 0 Å². The van der Waals surface area contributed by atoms with Gasteiger partial charge in [-0.05, 0) is 44.2 Å². The van der Waals surface area contributed by atoms with Gasteiger partial charge in [-0.1, -0.05) is 53.2 Å². The molecule has 0 aliphatic rings. The fourth-order valence-corrected chi connectivity index (χ4v) is 4.00. The molecule has 2 N–H and O–H groups in total. The highest BCUT2D eigenvalue weighted by atomic mass is 35.5. The van der Waals surface area contributed by atoms with E-state index in [2.05, 4.69) is 27.4 Å². The maximum Gasteiger partial charge on any atom is 0.251 e. The molecule has 0 aliphatic carbocycles. The van der Waals surface area contributed by atoms with E-state index in [0.717, 1.165) is 5.56 Å². The molecule has 3 rings (SSSR count). The van der Waals surface area contributed by atoms with Gasteiger partial charge in [0.1, 0.15) is 0 Å². The lowest BCUT2D eigenvalue weighted by molar-refractivity contribution is -0.113. The molecule has 3 aromatic rings. The zero-order valence-corrected chi connectivity index (χ0v) is 19.4. The highest BCUT2D eigenvalue weighted by Crippen LogP contribution is 2.22. The number of nitrogens with one attached hydrogen (secondary N) is 2. The standard InChI is InChI=1S/C23H24ClN5O2S/c1-4-11-29-21(16(3)25-22(31)17-8-5-7-15(2)12-17)27-28-23(29)32-14-20(30)26-19-10-6-9-18(24)13-19/h4-10,12-13,16H,1,11,14H2,2-3H3,(H,25,31)(H,26,30)/t16-/m0/s1. The number of amides is 2. The second kappa shape index (κ2) is 11.0. The van der Waals surface area contributed by atoms with Gasteiger partial charge in [0.15, 0.2) is 11.0 Å². The van der Waals surface area contributed by atoms with Crippen molar-refractivity contribution in [3.63, 3.8) is 0 Å². The van der Waals surface area contributed by atoms with E-state index in [4.69, 9.17) is 11.6 Å². The fourth-order valence-electron chi connectivity index (χ4n) is 3.05. The molecule has 0 bridgehead atoms. The summed E-state index contributed by atoms with van der Waals surface area (Å²) < 4.78 is 1.84. The zero-order chi connectivity index (χ0) is 23.1. The van der Waals surface area contributed by atoms with Crippen molar-refractivity contribution in [3.8, 4) is 0 Å². The molecule has 0 unspecified atom stereocenters. The molecule has 2 amide bonds. The molecule has 0 spiro atoms. The van der Waals surface area contributed by atoms with Crippen LogP contribution in [0.2, 0.25) is 5.02 Å². The van der Waals surface area contributed by atoms with E-state index in [1.54, 1.807) is 36.4 Å². The van der Waals surface area contributed by atoms with Crippen molar-refractivity contribution in [2.24, 2.45) is 0 Å². The predicted molar refractivity (Wildman–Crippen MR) is 128 cm³/mol. The first-order chi connectivity index (χ1) is 15.4. The van der Waals surface area contributed by atoms with Gasteiger partial charge in [0.2, 0.25) is 5.91 Å². The molecule has 2 aromatic carbocycles. The number of halogens is 1. The smallest absolute Gasteiger partial charge is 0.251 e. The summed E-state index contributed by atoms with van der Waals surface area (Å²) in [5, 5.41) is 15.3. The number of allylic oxidation sites excluding steroid dienone is 1. The summed E-state index contributed by atoms with van der Waals surface area (Å²) in [6, 6.07) is 14.0. The summed E-state index contributed by atoms with van der Waals surface area (Å²) >= 11 is 7.21. The Hall–Kier alpha value is -3.10. The van der Waals surface area contributed by atoms with Crippen molar-refractivity contribution in [2.45, 2.75) is 31.6 Å². The topological polar surface area (TPSA) is 88.9 Å². The maximum absolute atomic E-state index is 12.6. The highest BCUT2D eigenvalue weighted by molar-refractivity contribution is 7.99. The van der Waals surface area contributed by atoms with Crippen molar-refractivity contribution in [1.82, 2.24) is 20.1 Å². The monoisotopic (exact) mass is 469 g/mol. The van der Waals surface area contributed by atoms with Crippen LogP contribution in [-0.2, 0) is 11.3 Å². The first-order valence-electron chi connectivity index (χ1n) is 9.97. The first-order valence-corrected chi connectivity index (χ1v) is 11.3. The number of carbonyl (C=O) groups is 2. The predicted octanol–water partition coefficient (Wildman–Crippen LogP) is 4.65. The first kappa shape index (κ1) is 23.6. The molecule has 0 fully saturated rings. The fraction of sp³-hybridized carbons (Fsp3) is 0.217. The van der Waals surface area contributed by atoms with E-state index in [1.807, 2.05) is 36.6 Å². The Bertz CT molecular complexity index is 1130. The van der Waals surface area contributed by atoms with E-state index >= 15 is 0 Å². The Kier molecular flexibility index (Phi) is 8.08. The Morgan fingerprint density at radius 3 is 2.72 bits per heavy atom. The molecule has 0 saturated heterocycles. The average Bonchev–Trinajstić information content (AvgIpc) is 3.15. The Balaban J connectivity index is 1.66. The summed E-state index contributed by atoms with van der Waals surface area (Å²) in [5.41, 5.74) is 2.22. The second-order valence-corrected chi connectivity index (χ2v) is 8.53. The van der Waals surface area contributed by atoms with Crippen LogP contribution in [0.1, 0.15) is 34.7 Å². The Labute approximate surface area is 196 Å². The highest BCUT2D eigenvalue weighted by Gasteiger charge is 2.20.